The first-order valence-corrected chi connectivity index (χ1v) is 16.3. The summed E-state index contributed by atoms with van der Waals surface area (Å²) in [5, 5.41) is 15.5. The van der Waals surface area contributed by atoms with E-state index in [1.54, 1.807) is 0 Å². The first-order valence-electron chi connectivity index (χ1n) is 16.3. The van der Waals surface area contributed by atoms with E-state index < -0.39 is 0 Å². The van der Waals surface area contributed by atoms with E-state index in [9.17, 15) is 0 Å². The summed E-state index contributed by atoms with van der Waals surface area (Å²) in [7, 11) is 0. The highest BCUT2D eigenvalue weighted by molar-refractivity contribution is 6.37. The zero-order valence-electron chi connectivity index (χ0n) is 25.7. The zero-order valence-corrected chi connectivity index (χ0v) is 25.7. The molecule has 0 aliphatic rings. The molecule has 0 N–H and O–H groups in total. The molecule has 0 aliphatic heterocycles. The van der Waals surface area contributed by atoms with Crippen LogP contribution in [0.3, 0.4) is 0 Å². The predicted octanol–water partition coefficient (Wildman–Crippen LogP) is 13.2. The lowest BCUT2D eigenvalue weighted by Gasteiger charge is -2.27. The third-order valence-corrected chi connectivity index (χ3v) is 9.91. The van der Waals surface area contributed by atoms with Crippen molar-refractivity contribution in [1.29, 1.82) is 0 Å². The average Bonchev–Trinajstić information content (AvgIpc) is 3.14. The number of nitrogens with zero attached hydrogens (tertiary/aromatic N) is 1. The average molecular weight is 596 g/mol. The van der Waals surface area contributed by atoms with Crippen LogP contribution in [0.4, 0.5) is 17.1 Å². The summed E-state index contributed by atoms with van der Waals surface area (Å²) in [5.74, 6) is 0. The highest BCUT2D eigenvalue weighted by Crippen LogP contribution is 2.46. The maximum atomic E-state index is 2.43. The molecule has 1 nitrogen and oxygen atoms in total. The molecule has 0 bridgehead atoms. The standard InChI is InChI=1S/C46H29N/c1-3-10-30(11-4-1)31-24-26-37(27-25-31)47(36-15-5-2-6-16-36)38-28-35-23-22-34-13-8-18-40-39-17-7-12-32-20-21-33-14-9-19-41(45(33)43(32)39)42(29-38)46(35)44(34)40/h1-29H. The van der Waals surface area contributed by atoms with Gasteiger partial charge in [-0.1, -0.05) is 140 Å². The Morgan fingerprint density at radius 3 is 1.28 bits per heavy atom. The summed E-state index contributed by atoms with van der Waals surface area (Å²) in [4.78, 5) is 2.40. The lowest BCUT2D eigenvalue weighted by molar-refractivity contribution is 1.29. The second-order valence-electron chi connectivity index (χ2n) is 12.5. The molecule has 0 spiro atoms. The molecule has 0 aliphatic carbocycles. The van der Waals surface area contributed by atoms with Gasteiger partial charge >= 0.3 is 0 Å². The predicted molar refractivity (Wildman–Crippen MR) is 203 cm³/mol. The molecular weight excluding hydrogens is 567 g/mol. The molecular formula is C46H29N. The van der Waals surface area contributed by atoms with E-state index in [0.29, 0.717) is 0 Å². The minimum Gasteiger partial charge on any atom is -0.310 e. The summed E-state index contributed by atoms with van der Waals surface area (Å²) in [6.45, 7) is 0. The van der Waals surface area contributed by atoms with E-state index in [1.807, 2.05) is 0 Å². The molecule has 0 saturated carbocycles. The van der Waals surface area contributed by atoms with Gasteiger partial charge in [0.1, 0.15) is 0 Å². The smallest absolute Gasteiger partial charge is 0.0474 e. The molecule has 10 rings (SSSR count). The van der Waals surface area contributed by atoms with E-state index in [0.717, 1.165) is 17.1 Å². The van der Waals surface area contributed by atoms with Crippen LogP contribution < -0.4 is 4.90 Å². The van der Waals surface area contributed by atoms with Gasteiger partial charge in [-0.3, -0.25) is 0 Å². The van der Waals surface area contributed by atoms with Crippen molar-refractivity contribution in [2.45, 2.75) is 0 Å². The molecule has 10 aromatic rings. The fourth-order valence-corrected chi connectivity index (χ4v) is 7.86. The van der Waals surface area contributed by atoms with Gasteiger partial charge in [-0.15, -0.1) is 0 Å². The first-order chi connectivity index (χ1) is 23.3. The third kappa shape index (κ3) is 3.97. The molecule has 0 aromatic heterocycles. The van der Waals surface area contributed by atoms with Crippen molar-refractivity contribution in [1.82, 2.24) is 0 Å². The summed E-state index contributed by atoms with van der Waals surface area (Å²) in [6, 6.07) is 64.6. The molecule has 0 unspecified atom stereocenters. The van der Waals surface area contributed by atoms with Gasteiger partial charge in [-0.2, -0.15) is 0 Å². The Bertz CT molecular complexity index is 2760. The third-order valence-electron chi connectivity index (χ3n) is 9.91. The van der Waals surface area contributed by atoms with E-state index in [2.05, 4.69) is 181 Å². The molecule has 0 saturated heterocycles. The van der Waals surface area contributed by atoms with Gasteiger partial charge in [-0.25, -0.2) is 0 Å². The number of hydrogen-bond donors (Lipinski definition) is 0. The number of para-hydroxylation sites is 1. The Morgan fingerprint density at radius 2 is 0.702 bits per heavy atom. The van der Waals surface area contributed by atoms with E-state index in [1.165, 1.54) is 75.8 Å². The Kier molecular flexibility index (Phi) is 5.64. The minimum absolute atomic E-state index is 1.13. The van der Waals surface area contributed by atoms with Gasteiger partial charge in [0.25, 0.3) is 0 Å². The normalized spacial score (nSPS) is 11.8. The molecule has 0 amide bonds. The largest absolute Gasteiger partial charge is 0.310 e. The van der Waals surface area contributed by atoms with Crippen LogP contribution in [0.5, 0.6) is 0 Å². The first kappa shape index (κ1) is 26.1. The van der Waals surface area contributed by atoms with Crippen molar-refractivity contribution < 1.29 is 0 Å². The van der Waals surface area contributed by atoms with Gasteiger partial charge in [0.05, 0.1) is 0 Å². The van der Waals surface area contributed by atoms with Gasteiger partial charge < -0.3 is 4.90 Å². The van der Waals surface area contributed by atoms with Gasteiger partial charge in [-0.05, 0) is 112 Å². The Hall–Kier alpha value is -6.18. The molecule has 0 heterocycles. The summed E-state index contributed by atoms with van der Waals surface area (Å²) in [6.07, 6.45) is 0. The quantitative estimate of drug-likeness (QED) is 0.183. The van der Waals surface area contributed by atoms with Gasteiger partial charge in [0, 0.05) is 17.1 Å². The van der Waals surface area contributed by atoms with Crippen LogP contribution >= 0.6 is 0 Å². The van der Waals surface area contributed by atoms with Crippen LogP contribution in [0.1, 0.15) is 0 Å². The maximum absolute atomic E-state index is 2.43. The van der Waals surface area contributed by atoms with Crippen LogP contribution in [0.25, 0.3) is 75.8 Å². The number of hydrogen-bond acceptors (Lipinski definition) is 1. The van der Waals surface area contributed by atoms with Crippen molar-refractivity contribution in [2.75, 3.05) is 4.90 Å². The number of fused-ring (bicyclic) bond motifs is 2. The molecule has 1 heteroatoms. The molecule has 0 fully saturated rings. The highest BCUT2D eigenvalue weighted by atomic mass is 15.1. The van der Waals surface area contributed by atoms with Crippen molar-refractivity contribution in [2.24, 2.45) is 0 Å². The molecule has 0 atom stereocenters. The summed E-state index contributed by atoms with van der Waals surface area (Å²) >= 11 is 0. The summed E-state index contributed by atoms with van der Waals surface area (Å²) in [5.41, 5.74) is 5.82. The minimum atomic E-state index is 1.13. The molecule has 47 heavy (non-hydrogen) atoms. The number of anilines is 3. The monoisotopic (exact) mass is 595 g/mol. The second kappa shape index (κ2) is 10.2. The second-order valence-corrected chi connectivity index (χ2v) is 12.5. The van der Waals surface area contributed by atoms with Gasteiger partial charge in [0.2, 0.25) is 0 Å². The van der Waals surface area contributed by atoms with Crippen LogP contribution in [0, 0.1) is 0 Å². The van der Waals surface area contributed by atoms with E-state index in [4.69, 9.17) is 0 Å². The lowest BCUT2D eigenvalue weighted by atomic mass is 9.87. The molecule has 0 radical (unpaired) electrons. The highest BCUT2D eigenvalue weighted by Gasteiger charge is 2.19. The van der Waals surface area contributed by atoms with Crippen LogP contribution in [0.2, 0.25) is 0 Å². The van der Waals surface area contributed by atoms with Gasteiger partial charge in [0.15, 0.2) is 0 Å². The van der Waals surface area contributed by atoms with Crippen molar-refractivity contribution >= 4 is 81.7 Å². The fraction of sp³-hybridized carbons (Fsp3) is 0. The SMILES string of the molecule is c1ccc(-c2ccc(N(c3ccccc3)c3cc4ccc5cccc6c7cccc8ccc9cccc(c(c3)c4c56)c9c87)cc2)cc1. The molecule has 10 aromatic carbocycles. The maximum Gasteiger partial charge on any atom is 0.0474 e. The fourth-order valence-electron chi connectivity index (χ4n) is 7.86. The van der Waals surface area contributed by atoms with Crippen molar-refractivity contribution in [3.05, 3.63) is 176 Å². The van der Waals surface area contributed by atoms with Crippen molar-refractivity contribution in [3.63, 3.8) is 0 Å². The van der Waals surface area contributed by atoms with E-state index >= 15 is 0 Å². The number of benzene rings is 9. The van der Waals surface area contributed by atoms with Crippen LogP contribution in [-0.2, 0) is 0 Å². The molecule has 218 valence electrons. The Labute approximate surface area is 272 Å². The van der Waals surface area contributed by atoms with E-state index in [-0.39, 0.29) is 0 Å². The Morgan fingerprint density at radius 1 is 0.255 bits per heavy atom. The van der Waals surface area contributed by atoms with Crippen LogP contribution in [0.15, 0.2) is 176 Å². The number of rotatable bonds is 4. The van der Waals surface area contributed by atoms with Crippen molar-refractivity contribution in [3.8, 4) is 11.1 Å². The lowest BCUT2D eigenvalue weighted by Crippen LogP contribution is -2.10. The summed E-state index contributed by atoms with van der Waals surface area (Å²) < 4.78 is 0. The Balaban J connectivity index is 1.34. The zero-order chi connectivity index (χ0) is 30.9. The van der Waals surface area contributed by atoms with Crippen LogP contribution in [-0.4, -0.2) is 0 Å². The topological polar surface area (TPSA) is 3.24 Å².